The second kappa shape index (κ2) is 6.84. The van der Waals surface area contributed by atoms with Gasteiger partial charge in [0.2, 0.25) is 10.0 Å². The van der Waals surface area contributed by atoms with Crippen molar-refractivity contribution in [3.05, 3.63) is 89.5 Å². The highest BCUT2D eigenvalue weighted by Gasteiger charge is 2.58. The first-order chi connectivity index (χ1) is 14.4. The monoisotopic (exact) mass is 423 g/mol. The van der Waals surface area contributed by atoms with Gasteiger partial charge in [-0.2, -0.15) is 4.31 Å². The van der Waals surface area contributed by atoms with Gasteiger partial charge in [0.05, 0.1) is 24.1 Å². The molecule has 2 atom stereocenters. The van der Waals surface area contributed by atoms with Crippen LogP contribution in [0.2, 0.25) is 0 Å². The third kappa shape index (κ3) is 2.81. The van der Waals surface area contributed by atoms with Crippen molar-refractivity contribution in [3.8, 4) is 11.5 Å². The molecule has 3 aromatic carbocycles. The minimum atomic E-state index is -3.85. The van der Waals surface area contributed by atoms with Crippen molar-refractivity contribution >= 4 is 10.0 Å². The fourth-order valence-corrected chi connectivity index (χ4v) is 5.49. The average molecular weight is 423 g/mol. The van der Waals surface area contributed by atoms with E-state index < -0.39 is 22.0 Å². The Morgan fingerprint density at radius 1 is 1.00 bits per heavy atom. The number of methoxy groups -OCH3 is 1. The zero-order valence-electron chi connectivity index (χ0n) is 16.6. The number of ether oxygens (including phenoxy) is 3. The smallest absolute Gasteiger partial charge is 0.253 e. The van der Waals surface area contributed by atoms with Crippen LogP contribution in [0.4, 0.5) is 0 Å². The third-order valence-corrected chi connectivity index (χ3v) is 7.34. The summed E-state index contributed by atoms with van der Waals surface area (Å²) in [7, 11) is -2.31. The molecule has 2 bridgehead atoms. The van der Waals surface area contributed by atoms with Gasteiger partial charge in [0.1, 0.15) is 11.5 Å². The molecule has 1 saturated heterocycles. The quantitative estimate of drug-likeness (QED) is 0.635. The first-order valence-corrected chi connectivity index (χ1v) is 11.1. The maximum absolute atomic E-state index is 13.6. The molecule has 0 radical (unpaired) electrons. The highest BCUT2D eigenvalue weighted by atomic mass is 32.2. The van der Waals surface area contributed by atoms with Crippen LogP contribution in [-0.2, 0) is 20.5 Å². The minimum Gasteiger partial charge on any atom is -0.496 e. The molecule has 0 unspecified atom stereocenters. The van der Waals surface area contributed by atoms with Crippen molar-refractivity contribution in [1.82, 2.24) is 4.31 Å². The van der Waals surface area contributed by atoms with E-state index in [1.54, 1.807) is 37.4 Å². The lowest BCUT2D eigenvalue weighted by atomic mass is 10.0. The van der Waals surface area contributed by atoms with Crippen LogP contribution in [0.1, 0.15) is 22.9 Å². The lowest BCUT2D eigenvalue weighted by Gasteiger charge is -2.35. The maximum atomic E-state index is 13.6. The van der Waals surface area contributed by atoms with Crippen molar-refractivity contribution in [2.45, 2.75) is 23.8 Å². The Morgan fingerprint density at radius 3 is 2.43 bits per heavy atom. The highest BCUT2D eigenvalue weighted by molar-refractivity contribution is 7.89. The summed E-state index contributed by atoms with van der Waals surface area (Å²) < 4.78 is 46.7. The van der Waals surface area contributed by atoms with E-state index in [0.717, 1.165) is 11.1 Å². The third-order valence-electron chi connectivity index (χ3n) is 5.54. The summed E-state index contributed by atoms with van der Waals surface area (Å²) in [6, 6.07) is 21.6. The van der Waals surface area contributed by atoms with Gasteiger partial charge in [-0.05, 0) is 31.2 Å². The molecule has 2 aliphatic heterocycles. The summed E-state index contributed by atoms with van der Waals surface area (Å²) >= 11 is 0. The Bertz CT molecular complexity index is 1190. The zero-order valence-corrected chi connectivity index (χ0v) is 17.4. The number of aryl methyl sites for hydroxylation is 1. The lowest BCUT2D eigenvalue weighted by molar-refractivity contribution is -0.194. The number of hydrogen-bond donors (Lipinski definition) is 0. The van der Waals surface area contributed by atoms with Crippen LogP contribution in [0.5, 0.6) is 11.5 Å². The number of rotatable bonds is 4. The van der Waals surface area contributed by atoms with Crippen molar-refractivity contribution in [2.24, 2.45) is 0 Å². The molecule has 2 aliphatic rings. The Kier molecular flexibility index (Phi) is 4.36. The van der Waals surface area contributed by atoms with Crippen molar-refractivity contribution in [3.63, 3.8) is 0 Å². The minimum absolute atomic E-state index is 0.0235. The largest absolute Gasteiger partial charge is 0.496 e. The fraction of sp³-hybridized carbons (Fsp3) is 0.217. The first kappa shape index (κ1) is 19.1. The average Bonchev–Trinajstić information content (AvgIpc) is 3.09. The SMILES string of the molecule is COc1cccc2c1[C@H]1O[C@](c3ccccc3)(CN1S(=O)(=O)c1ccc(C)cc1)O2. The molecule has 0 aliphatic carbocycles. The lowest BCUT2D eigenvalue weighted by Crippen LogP contribution is -2.39. The molecule has 0 saturated carbocycles. The van der Waals surface area contributed by atoms with E-state index in [1.165, 1.54) is 4.31 Å². The van der Waals surface area contributed by atoms with Crippen LogP contribution in [0.3, 0.4) is 0 Å². The first-order valence-electron chi connectivity index (χ1n) is 9.62. The van der Waals surface area contributed by atoms with Gasteiger partial charge in [0, 0.05) is 5.56 Å². The number of benzene rings is 3. The highest BCUT2D eigenvalue weighted by Crippen LogP contribution is 2.54. The Hall–Kier alpha value is -2.87. The zero-order chi connectivity index (χ0) is 20.9. The van der Waals surface area contributed by atoms with E-state index in [9.17, 15) is 8.42 Å². The molecule has 0 aromatic heterocycles. The fourth-order valence-electron chi connectivity index (χ4n) is 4.00. The summed E-state index contributed by atoms with van der Waals surface area (Å²) in [6.07, 6.45) is -0.864. The van der Waals surface area contributed by atoms with Crippen molar-refractivity contribution in [1.29, 1.82) is 0 Å². The van der Waals surface area contributed by atoms with Crippen LogP contribution >= 0.6 is 0 Å². The number of fused-ring (bicyclic) bond motifs is 4. The Balaban J connectivity index is 1.69. The number of nitrogens with zero attached hydrogens (tertiary/aromatic N) is 1. The molecule has 0 spiro atoms. The topological polar surface area (TPSA) is 65.1 Å². The second-order valence-corrected chi connectivity index (χ2v) is 9.32. The predicted octanol–water partition coefficient (Wildman–Crippen LogP) is 3.97. The maximum Gasteiger partial charge on any atom is 0.253 e. The molecular weight excluding hydrogens is 402 g/mol. The molecule has 0 amide bonds. The Labute approximate surface area is 175 Å². The molecule has 30 heavy (non-hydrogen) atoms. The van der Waals surface area contributed by atoms with Crippen LogP contribution in [0.25, 0.3) is 0 Å². The Morgan fingerprint density at radius 2 is 1.73 bits per heavy atom. The van der Waals surface area contributed by atoms with E-state index in [4.69, 9.17) is 14.2 Å². The molecule has 3 aromatic rings. The van der Waals surface area contributed by atoms with Gasteiger partial charge in [0.25, 0.3) is 5.79 Å². The van der Waals surface area contributed by atoms with Crippen LogP contribution < -0.4 is 9.47 Å². The molecule has 154 valence electrons. The molecule has 6 nitrogen and oxygen atoms in total. The molecule has 0 N–H and O–H groups in total. The van der Waals surface area contributed by atoms with E-state index in [1.807, 2.05) is 49.4 Å². The van der Waals surface area contributed by atoms with Crippen LogP contribution in [0.15, 0.2) is 77.7 Å². The predicted molar refractivity (Wildman–Crippen MR) is 111 cm³/mol. The van der Waals surface area contributed by atoms with Gasteiger partial charge in [-0.25, -0.2) is 8.42 Å². The van der Waals surface area contributed by atoms with Gasteiger partial charge in [-0.1, -0.05) is 54.1 Å². The molecule has 7 heteroatoms. The number of hydrogen-bond acceptors (Lipinski definition) is 5. The van der Waals surface area contributed by atoms with E-state index >= 15 is 0 Å². The summed E-state index contributed by atoms with van der Waals surface area (Å²) in [5.41, 5.74) is 2.31. The summed E-state index contributed by atoms with van der Waals surface area (Å²) in [5.74, 6) is -0.162. The molecular formula is C23H21NO5S. The van der Waals surface area contributed by atoms with Crippen LogP contribution in [-0.4, -0.2) is 26.4 Å². The van der Waals surface area contributed by atoms with E-state index in [-0.39, 0.29) is 11.4 Å². The standard InChI is InChI=1S/C23H21NO5S/c1-16-11-13-18(14-12-16)30(25,26)24-15-23(17-7-4-3-5-8-17)28-20-10-6-9-19(27-2)21(20)22(24)29-23/h3-14,22H,15H2,1-2H3/t22-,23+/m1/s1. The van der Waals surface area contributed by atoms with Gasteiger partial charge < -0.3 is 14.2 Å². The van der Waals surface area contributed by atoms with Crippen molar-refractivity contribution in [2.75, 3.05) is 13.7 Å². The normalized spacial score (nSPS) is 22.9. The summed E-state index contributed by atoms with van der Waals surface area (Å²) in [6.45, 7) is 1.94. The van der Waals surface area contributed by atoms with Crippen molar-refractivity contribution < 1.29 is 22.6 Å². The summed E-state index contributed by atoms with van der Waals surface area (Å²) in [5, 5.41) is 0. The number of sulfonamides is 1. The summed E-state index contributed by atoms with van der Waals surface area (Å²) in [4.78, 5) is 0.212. The van der Waals surface area contributed by atoms with Gasteiger partial charge in [-0.15, -0.1) is 0 Å². The molecule has 1 fully saturated rings. The van der Waals surface area contributed by atoms with Crippen LogP contribution in [0, 0.1) is 6.92 Å². The van der Waals surface area contributed by atoms with Gasteiger partial charge >= 0.3 is 0 Å². The second-order valence-electron chi connectivity index (χ2n) is 7.43. The van der Waals surface area contributed by atoms with Gasteiger partial charge in [-0.3, -0.25) is 0 Å². The van der Waals surface area contributed by atoms with E-state index in [0.29, 0.717) is 17.1 Å². The van der Waals surface area contributed by atoms with Gasteiger partial charge in [0.15, 0.2) is 6.23 Å². The molecule has 5 rings (SSSR count). The van der Waals surface area contributed by atoms with E-state index in [2.05, 4.69) is 0 Å². The molecule has 2 heterocycles.